The van der Waals surface area contributed by atoms with Crippen molar-refractivity contribution >= 4 is 24.7 Å². The van der Waals surface area contributed by atoms with Crippen molar-refractivity contribution in [2.45, 2.75) is 77.3 Å². The molecule has 0 spiro atoms. The molecule has 6 nitrogen and oxygen atoms in total. The van der Waals surface area contributed by atoms with Crippen LogP contribution in [0.25, 0.3) is 0 Å². The molecule has 0 saturated carbocycles. The van der Waals surface area contributed by atoms with E-state index in [1.54, 1.807) is 0 Å². The van der Waals surface area contributed by atoms with Crippen LogP contribution in [0.4, 0.5) is 0 Å². The summed E-state index contributed by atoms with van der Waals surface area (Å²) in [7, 11) is -2.01. The number of hydrogen-bond acceptors (Lipinski definition) is 3. The first-order valence-electron chi connectivity index (χ1n) is 10.7. The third-order valence-electron chi connectivity index (χ3n) is 5.52. The van der Waals surface area contributed by atoms with E-state index in [1.165, 1.54) is 51.4 Å². The first kappa shape index (κ1) is 23.2. The van der Waals surface area contributed by atoms with Gasteiger partial charge in [0.15, 0.2) is 0 Å². The van der Waals surface area contributed by atoms with Crippen molar-refractivity contribution in [2.75, 3.05) is 39.3 Å². The third-order valence-corrected chi connectivity index (χ3v) is 10.5. The number of hydrogen-bond donors (Lipinski definition) is 3. The number of thiocarbonyl (C=S) groups is 1. The van der Waals surface area contributed by atoms with E-state index in [4.69, 9.17) is 22.1 Å². The standard InChI is InChI=1S/C19H40N5OPS/c1-19(2,3)26(22-18(27)21-20-12-17-25,23-13-8-4-5-9-14-23)24-15-10-6-7-11-16-24/h20,25H,4-17H2,1-3H3,(H,21,27). The summed E-state index contributed by atoms with van der Waals surface area (Å²) in [6.07, 6.45) is 10.3. The van der Waals surface area contributed by atoms with Crippen molar-refractivity contribution in [1.82, 2.24) is 20.2 Å². The molecule has 0 aromatic heterocycles. The van der Waals surface area contributed by atoms with Crippen molar-refractivity contribution in [1.29, 1.82) is 0 Å². The lowest BCUT2D eigenvalue weighted by Gasteiger charge is -2.50. The van der Waals surface area contributed by atoms with Gasteiger partial charge in [0, 0.05) is 37.9 Å². The van der Waals surface area contributed by atoms with Crippen LogP contribution in [0.15, 0.2) is 4.74 Å². The molecule has 2 saturated heterocycles. The maximum atomic E-state index is 9.03. The van der Waals surface area contributed by atoms with Crippen LogP contribution in [0.1, 0.15) is 72.1 Å². The van der Waals surface area contributed by atoms with Crippen molar-refractivity contribution in [2.24, 2.45) is 4.74 Å². The van der Waals surface area contributed by atoms with Crippen molar-refractivity contribution < 1.29 is 5.11 Å². The molecule has 0 aliphatic carbocycles. The molecule has 0 aromatic rings. The molecule has 0 aromatic carbocycles. The highest BCUT2D eigenvalue weighted by Gasteiger charge is 2.44. The second-order valence-corrected chi connectivity index (χ2v) is 12.9. The molecule has 0 atom stereocenters. The summed E-state index contributed by atoms with van der Waals surface area (Å²) >= 11 is 5.64. The molecule has 158 valence electrons. The van der Waals surface area contributed by atoms with Crippen molar-refractivity contribution in [3.63, 3.8) is 0 Å². The van der Waals surface area contributed by atoms with Gasteiger partial charge in [-0.2, -0.15) is 0 Å². The highest BCUT2D eigenvalue weighted by molar-refractivity contribution is 7.81. The molecule has 3 N–H and O–H groups in total. The monoisotopic (exact) mass is 417 g/mol. The van der Waals surface area contributed by atoms with Gasteiger partial charge in [0.2, 0.25) is 5.11 Å². The molecular weight excluding hydrogens is 377 g/mol. The largest absolute Gasteiger partial charge is 0.395 e. The Hall–Kier alpha value is -0.0400. The maximum Gasteiger partial charge on any atom is 0.208 e. The zero-order valence-corrected chi connectivity index (χ0v) is 19.3. The van der Waals surface area contributed by atoms with Gasteiger partial charge in [0.05, 0.1) is 6.61 Å². The van der Waals surface area contributed by atoms with Crippen LogP contribution in [0.3, 0.4) is 0 Å². The van der Waals surface area contributed by atoms with Gasteiger partial charge in [-0.25, -0.2) is 10.2 Å². The van der Waals surface area contributed by atoms with Crippen LogP contribution in [0.5, 0.6) is 0 Å². The van der Waals surface area contributed by atoms with Crippen LogP contribution in [-0.2, 0) is 0 Å². The van der Waals surface area contributed by atoms with E-state index in [1.807, 2.05) is 0 Å². The fraction of sp³-hybridized carbons (Fsp3) is 0.947. The lowest BCUT2D eigenvalue weighted by atomic mass is 10.2. The average Bonchev–Trinajstić information content (AvgIpc) is 3.04. The molecule has 0 amide bonds. The Bertz CT molecular complexity index is 483. The van der Waals surface area contributed by atoms with Crippen LogP contribution in [0.2, 0.25) is 0 Å². The van der Waals surface area contributed by atoms with Crippen molar-refractivity contribution in [3.8, 4) is 0 Å². The first-order chi connectivity index (χ1) is 12.9. The Balaban J connectivity index is 2.45. The zero-order valence-electron chi connectivity index (χ0n) is 17.5. The Kier molecular flexibility index (Phi) is 9.66. The summed E-state index contributed by atoms with van der Waals surface area (Å²) in [5.74, 6) is 0. The van der Waals surface area contributed by atoms with E-state index >= 15 is 0 Å². The van der Waals surface area contributed by atoms with E-state index in [2.05, 4.69) is 41.0 Å². The summed E-state index contributed by atoms with van der Waals surface area (Å²) in [5, 5.41) is 9.59. The molecule has 27 heavy (non-hydrogen) atoms. The predicted molar refractivity (Wildman–Crippen MR) is 120 cm³/mol. The molecule has 2 rings (SSSR count). The van der Waals surface area contributed by atoms with Gasteiger partial charge in [-0.05, 0) is 37.9 Å². The van der Waals surface area contributed by atoms with Gasteiger partial charge < -0.3 is 5.11 Å². The van der Waals surface area contributed by atoms with Crippen LogP contribution in [0, 0.1) is 0 Å². The quantitative estimate of drug-likeness (QED) is 0.273. The third kappa shape index (κ3) is 6.22. The van der Waals surface area contributed by atoms with Gasteiger partial charge in [0.25, 0.3) is 0 Å². The molecule has 0 unspecified atom stereocenters. The second-order valence-electron chi connectivity index (χ2n) is 8.66. The van der Waals surface area contributed by atoms with Gasteiger partial charge >= 0.3 is 0 Å². The molecule has 2 heterocycles. The fourth-order valence-corrected chi connectivity index (χ4v) is 9.32. The van der Waals surface area contributed by atoms with E-state index in [9.17, 15) is 0 Å². The Morgan fingerprint density at radius 3 is 1.74 bits per heavy atom. The number of rotatable bonds is 5. The number of aliphatic hydroxyl groups excluding tert-OH is 1. The molecule has 0 radical (unpaired) electrons. The van der Waals surface area contributed by atoms with Crippen LogP contribution in [-0.4, -0.2) is 64.0 Å². The first-order valence-corrected chi connectivity index (χ1v) is 12.7. The van der Waals surface area contributed by atoms with Gasteiger partial charge in [-0.3, -0.25) is 14.8 Å². The Morgan fingerprint density at radius 1 is 0.926 bits per heavy atom. The summed E-state index contributed by atoms with van der Waals surface area (Å²) in [6.45, 7) is 12.1. The van der Waals surface area contributed by atoms with Gasteiger partial charge in [-0.15, -0.1) is 0 Å². The summed E-state index contributed by atoms with van der Waals surface area (Å²) in [6, 6.07) is 0. The predicted octanol–water partition coefficient (Wildman–Crippen LogP) is 3.94. The Morgan fingerprint density at radius 2 is 1.37 bits per heavy atom. The SMILES string of the molecule is CC(C)(C)P(=NC(=S)NNCCO)(N1CCCCCC1)N1CCCCCC1. The average molecular weight is 418 g/mol. The smallest absolute Gasteiger partial charge is 0.208 e. The minimum Gasteiger partial charge on any atom is -0.395 e. The second kappa shape index (κ2) is 11.2. The Labute approximate surface area is 171 Å². The summed E-state index contributed by atoms with van der Waals surface area (Å²) in [4.78, 5) is 0. The number of nitrogens with zero attached hydrogens (tertiary/aromatic N) is 3. The number of nitrogens with one attached hydrogen (secondary N) is 2. The van der Waals surface area contributed by atoms with Crippen LogP contribution >= 0.6 is 19.6 Å². The van der Waals surface area contributed by atoms with Crippen LogP contribution < -0.4 is 10.9 Å². The molecule has 0 bridgehead atoms. The molecule has 2 aliphatic rings. The molecule has 2 fully saturated rings. The molecule has 2 aliphatic heterocycles. The number of aliphatic hydroxyl groups is 1. The topological polar surface area (TPSA) is 63.1 Å². The normalized spacial score (nSPS) is 21.3. The van der Waals surface area contributed by atoms with E-state index in [0.717, 1.165) is 26.2 Å². The number of hydrazine groups is 1. The van der Waals surface area contributed by atoms with Crippen molar-refractivity contribution in [3.05, 3.63) is 0 Å². The van der Waals surface area contributed by atoms with E-state index < -0.39 is 7.36 Å². The highest BCUT2D eigenvalue weighted by Crippen LogP contribution is 2.66. The highest BCUT2D eigenvalue weighted by atomic mass is 32.1. The molecular formula is C19H40N5OPS. The lowest BCUT2D eigenvalue weighted by Crippen LogP contribution is -2.43. The summed E-state index contributed by atoms with van der Waals surface area (Å²) in [5.41, 5.74) is 6.03. The molecule has 8 heteroatoms. The zero-order chi connectivity index (χ0) is 19.8. The maximum absolute atomic E-state index is 9.03. The minimum absolute atomic E-state index is 0.0321. The lowest BCUT2D eigenvalue weighted by molar-refractivity contribution is 0.289. The van der Waals surface area contributed by atoms with E-state index in [0.29, 0.717) is 11.7 Å². The summed E-state index contributed by atoms with van der Waals surface area (Å²) < 4.78 is 10.7. The minimum atomic E-state index is -2.01. The fourth-order valence-electron chi connectivity index (χ4n) is 4.32. The van der Waals surface area contributed by atoms with E-state index in [-0.39, 0.29) is 11.8 Å². The van der Waals surface area contributed by atoms with Gasteiger partial charge in [-0.1, -0.05) is 46.5 Å². The van der Waals surface area contributed by atoms with Gasteiger partial charge in [0.1, 0.15) is 7.36 Å².